The zero-order valence-electron chi connectivity index (χ0n) is 11.0. The third-order valence-electron chi connectivity index (χ3n) is 2.99. The zero-order valence-corrected chi connectivity index (χ0v) is 11.8. The lowest BCUT2D eigenvalue weighted by Crippen LogP contribution is -2.41. The van der Waals surface area contributed by atoms with E-state index in [2.05, 4.69) is 10.2 Å². The van der Waals surface area contributed by atoms with Gasteiger partial charge >= 0.3 is 0 Å². The van der Waals surface area contributed by atoms with Crippen molar-refractivity contribution in [3.05, 3.63) is 21.9 Å². The highest BCUT2D eigenvalue weighted by Crippen LogP contribution is 2.16. The number of nitrogens with zero attached hydrogens (tertiary/aromatic N) is 1. The molecule has 0 atom stereocenters. The molecular weight excluding hydrogens is 264 g/mol. The van der Waals surface area contributed by atoms with Crippen LogP contribution in [-0.4, -0.2) is 56.0 Å². The molecule has 0 aromatic carbocycles. The molecule has 0 saturated carbocycles. The first-order valence-corrected chi connectivity index (χ1v) is 7.17. The van der Waals surface area contributed by atoms with E-state index in [0.29, 0.717) is 16.3 Å². The number of ketones is 1. The quantitative estimate of drug-likeness (QED) is 0.819. The molecule has 19 heavy (non-hydrogen) atoms. The molecule has 104 valence electrons. The van der Waals surface area contributed by atoms with Gasteiger partial charge in [-0.2, -0.15) is 0 Å². The molecule has 0 radical (unpaired) electrons. The van der Waals surface area contributed by atoms with E-state index in [0.717, 1.165) is 32.8 Å². The second kappa shape index (κ2) is 6.79. The first-order chi connectivity index (χ1) is 9.16. The van der Waals surface area contributed by atoms with Gasteiger partial charge in [-0.1, -0.05) is 0 Å². The number of nitrogens with one attached hydrogen (secondary N) is 1. The number of Topliss-reactive ketones (excluding diaryl/α,β-unsaturated/α-hetero) is 1. The summed E-state index contributed by atoms with van der Waals surface area (Å²) < 4.78 is 5.26. The van der Waals surface area contributed by atoms with Gasteiger partial charge in [-0.15, -0.1) is 11.3 Å². The minimum Gasteiger partial charge on any atom is -0.379 e. The molecule has 1 amide bonds. The molecule has 5 nitrogen and oxygen atoms in total. The van der Waals surface area contributed by atoms with Crippen LogP contribution in [0.5, 0.6) is 0 Å². The minimum absolute atomic E-state index is 0.00244. The van der Waals surface area contributed by atoms with Gasteiger partial charge in [0, 0.05) is 26.2 Å². The second-order valence-corrected chi connectivity index (χ2v) is 5.51. The molecule has 0 aliphatic carbocycles. The van der Waals surface area contributed by atoms with Gasteiger partial charge in [-0.05, 0) is 19.1 Å². The normalized spacial score (nSPS) is 16.3. The summed E-state index contributed by atoms with van der Waals surface area (Å²) in [5, 5.41) is 2.88. The fourth-order valence-electron chi connectivity index (χ4n) is 1.89. The largest absolute Gasteiger partial charge is 0.379 e. The molecule has 0 bridgehead atoms. The van der Waals surface area contributed by atoms with Crippen molar-refractivity contribution in [1.82, 2.24) is 10.2 Å². The number of thiophene rings is 1. The first kappa shape index (κ1) is 14.2. The lowest BCUT2D eigenvalue weighted by molar-refractivity contribution is 0.0383. The van der Waals surface area contributed by atoms with Crippen LogP contribution in [0, 0.1) is 0 Å². The summed E-state index contributed by atoms with van der Waals surface area (Å²) in [5.41, 5.74) is 0. The van der Waals surface area contributed by atoms with Crippen molar-refractivity contribution in [2.75, 3.05) is 39.4 Å². The third kappa shape index (κ3) is 4.12. The molecule has 1 aromatic heterocycles. The van der Waals surface area contributed by atoms with Crippen molar-refractivity contribution in [1.29, 1.82) is 0 Å². The van der Waals surface area contributed by atoms with Crippen LogP contribution in [0.25, 0.3) is 0 Å². The van der Waals surface area contributed by atoms with E-state index in [4.69, 9.17) is 4.74 Å². The molecule has 1 aliphatic rings. The predicted octanol–water partition coefficient (Wildman–Crippen LogP) is 1.01. The van der Waals surface area contributed by atoms with Gasteiger partial charge in [0.1, 0.15) is 0 Å². The predicted molar refractivity (Wildman–Crippen MR) is 73.9 cm³/mol. The monoisotopic (exact) mass is 282 g/mol. The van der Waals surface area contributed by atoms with Crippen LogP contribution < -0.4 is 5.32 Å². The highest BCUT2D eigenvalue weighted by Gasteiger charge is 2.13. The van der Waals surface area contributed by atoms with Crippen molar-refractivity contribution < 1.29 is 14.3 Å². The summed E-state index contributed by atoms with van der Waals surface area (Å²) in [6.45, 7) is 6.33. The summed E-state index contributed by atoms with van der Waals surface area (Å²) in [7, 11) is 0. The molecule has 1 fully saturated rings. The highest BCUT2D eigenvalue weighted by molar-refractivity contribution is 7.15. The van der Waals surface area contributed by atoms with E-state index < -0.39 is 0 Å². The van der Waals surface area contributed by atoms with E-state index in [-0.39, 0.29) is 11.7 Å². The lowest BCUT2D eigenvalue weighted by Gasteiger charge is -2.26. The summed E-state index contributed by atoms with van der Waals surface area (Å²) >= 11 is 1.24. The Hall–Kier alpha value is -1.24. The fourth-order valence-corrected chi connectivity index (χ4v) is 2.71. The molecule has 0 unspecified atom stereocenters. The average molecular weight is 282 g/mol. The van der Waals surface area contributed by atoms with E-state index in [1.165, 1.54) is 18.3 Å². The molecule has 0 spiro atoms. The fraction of sp³-hybridized carbons (Fsp3) is 0.538. The van der Waals surface area contributed by atoms with Crippen molar-refractivity contribution in [3.63, 3.8) is 0 Å². The van der Waals surface area contributed by atoms with Crippen molar-refractivity contribution >= 4 is 23.0 Å². The van der Waals surface area contributed by atoms with Gasteiger partial charge in [0.15, 0.2) is 5.78 Å². The van der Waals surface area contributed by atoms with Crippen LogP contribution in [0.4, 0.5) is 0 Å². The Morgan fingerprint density at radius 2 is 2.00 bits per heavy atom. The summed E-state index contributed by atoms with van der Waals surface area (Å²) in [6, 6.07) is 3.40. The molecule has 6 heteroatoms. The maximum Gasteiger partial charge on any atom is 0.261 e. The Balaban J connectivity index is 1.75. The number of rotatable bonds is 5. The molecule has 2 rings (SSSR count). The summed E-state index contributed by atoms with van der Waals surface area (Å²) in [4.78, 5) is 26.5. The lowest BCUT2D eigenvalue weighted by atomic mass is 10.3. The van der Waals surface area contributed by atoms with Gasteiger partial charge in [-0.25, -0.2) is 0 Å². The maximum absolute atomic E-state index is 11.9. The SMILES string of the molecule is CC(=O)c1ccc(C(=O)NCCN2CCOCC2)s1. The highest BCUT2D eigenvalue weighted by atomic mass is 32.1. The number of carbonyl (C=O) groups is 2. The Morgan fingerprint density at radius 3 is 2.63 bits per heavy atom. The Kier molecular flexibility index (Phi) is 5.07. The number of ether oxygens (including phenoxy) is 1. The molecule has 1 N–H and O–H groups in total. The van der Waals surface area contributed by atoms with Gasteiger partial charge in [-0.3, -0.25) is 14.5 Å². The van der Waals surface area contributed by atoms with Crippen LogP contribution in [0.2, 0.25) is 0 Å². The summed E-state index contributed by atoms with van der Waals surface area (Å²) in [5.74, 6) is -0.108. The Morgan fingerprint density at radius 1 is 1.32 bits per heavy atom. The van der Waals surface area contributed by atoms with Crippen LogP contribution in [0.3, 0.4) is 0 Å². The zero-order chi connectivity index (χ0) is 13.7. The Labute approximate surface area is 116 Å². The Bertz CT molecular complexity index is 452. The van der Waals surface area contributed by atoms with Crippen LogP contribution in [0.1, 0.15) is 26.3 Å². The van der Waals surface area contributed by atoms with Crippen LogP contribution in [-0.2, 0) is 4.74 Å². The number of hydrogen-bond donors (Lipinski definition) is 1. The van der Waals surface area contributed by atoms with Crippen molar-refractivity contribution in [2.24, 2.45) is 0 Å². The molecular formula is C13H18N2O3S. The van der Waals surface area contributed by atoms with E-state index in [1.807, 2.05) is 0 Å². The minimum atomic E-state index is -0.106. The second-order valence-electron chi connectivity index (χ2n) is 4.43. The molecule has 1 aromatic rings. The van der Waals surface area contributed by atoms with Crippen LogP contribution >= 0.6 is 11.3 Å². The van der Waals surface area contributed by atoms with E-state index in [9.17, 15) is 9.59 Å². The van der Waals surface area contributed by atoms with Crippen molar-refractivity contribution in [3.8, 4) is 0 Å². The van der Waals surface area contributed by atoms with Crippen LogP contribution in [0.15, 0.2) is 12.1 Å². The van der Waals surface area contributed by atoms with Gasteiger partial charge in [0.25, 0.3) is 5.91 Å². The third-order valence-corrected chi connectivity index (χ3v) is 4.18. The number of carbonyl (C=O) groups excluding carboxylic acids is 2. The van der Waals surface area contributed by atoms with Gasteiger partial charge in [0.05, 0.1) is 23.0 Å². The number of hydrogen-bond acceptors (Lipinski definition) is 5. The maximum atomic E-state index is 11.9. The van der Waals surface area contributed by atoms with E-state index >= 15 is 0 Å². The van der Waals surface area contributed by atoms with Crippen molar-refractivity contribution in [2.45, 2.75) is 6.92 Å². The molecule has 2 heterocycles. The smallest absolute Gasteiger partial charge is 0.261 e. The van der Waals surface area contributed by atoms with Gasteiger partial charge < -0.3 is 10.1 Å². The standard InChI is InChI=1S/C13H18N2O3S/c1-10(16)11-2-3-12(19-11)13(17)14-4-5-15-6-8-18-9-7-15/h2-3H,4-9H2,1H3,(H,14,17). The molecule has 1 aliphatic heterocycles. The molecule has 1 saturated heterocycles. The number of morpholine rings is 1. The summed E-state index contributed by atoms with van der Waals surface area (Å²) in [6.07, 6.45) is 0. The first-order valence-electron chi connectivity index (χ1n) is 6.36. The van der Waals surface area contributed by atoms with E-state index in [1.54, 1.807) is 12.1 Å². The van der Waals surface area contributed by atoms with Gasteiger partial charge in [0.2, 0.25) is 0 Å². The average Bonchev–Trinajstić information content (AvgIpc) is 2.89. The number of amides is 1. The topological polar surface area (TPSA) is 58.6 Å².